The largest absolute Gasteiger partial charge is 0.447 e. The summed E-state index contributed by atoms with van der Waals surface area (Å²) in [6.45, 7) is 5.37. The number of ether oxygens (including phenoxy) is 1. The summed E-state index contributed by atoms with van der Waals surface area (Å²) in [7, 11) is 0. The Morgan fingerprint density at radius 2 is 2.12 bits per heavy atom. The number of hydrogen-bond acceptors (Lipinski definition) is 5. The van der Waals surface area contributed by atoms with E-state index in [9.17, 15) is 9.59 Å². The van der Waals surface area contributed by atoms with Crippen LogP contribution in [0.5, 0.6) is 0 Å². The molecule has 1 amide bonds. The second-order valence-corrected chi connectivity index (χ2v) is 6.96. The molecule has 2 aromatic rings. The summed E-state index contributed by atoms with van der Waals surface area (Å²) in [5.41, 5.74) is 6.43. The van der Waals surface area contributed by atoms with Crippen LogP contribution in [0.3, 0.4) is 0 Å². The number of nitrogens with zero attached hydrogens (tertiary/aromatic N) is 1. The molecule has 136 valence electrons. The van der Waals surface area contributed by atoms with E-state index in [1.165, 1.54) is 6.92 Å². The van der Waals surface area contributed by atoms with Crippen LogP contribution >= 0.6 is 15.9 Å². The number of aromatic amines is 1. The Labute approximate surface area is 159 Å². The number of amides is 1. The lowest BCUT2D eigenvalue weighted by atomic mass is 9.99. The average Bonchev–Trinajstić information content (AvgIpc) is 3.17. The minimum Gasteiger partial charge on any atom is -0.447 e. The summed E-state index contributed by atoms with van der Waals surface area (Å²) in [5, 5.41) is 6.71. The Kier molecular flexibility index (Phi) is 5.13. The van der Waals surface area contributed by atoms with E-state index in [1.807, 2.05) is 26.0 Å². The van der Waals surface area contributed by atoms with Gasteiger partial charge in [-0.2, -0.15) is 0 Å². The van der Waals surface area contributed by atoms with Gasteiger partial charge in [-0.15, -0.1) is 5.10 Å². The molecule has 26 heavy (non-hydrogen) atoms. The minimum absolute atomic E-state index is 0.0545. The third-order valence-electron chi connectivity index (χ3n) is 4.10. The van der Waals surface area contributed by atoms with Gasteiger partial charge in [0, 0.05) is 28.2 Å². The highest BCUT2D eigenvalue weighted by atomic mass is 79.9. The van der Waals surface area contributed by atoms with Gasteiger partial charge in [0.05, 0.1) is 12.2 Å². The SMILES string of the molecule is CC(=O)NCC1=NNC(c2[nH]c(C)c(C(=O)c3cccc(Br)c3)c2C)O1. The van der Waals surface area contributed by atoms with Crippen LogP contribution in [0.2, 0.25) is 0 Å². The number of H-pyrrole nitrogens is 1. The van der Waals surface area contributed by atoms with Crippen molar-refractivity contribution in [3.05, 3.63) is 56.8 Å². The molecular weight excluding hydrogens is 400 g/mol. The Hall–Kier alpha value is -2.61. The van der Waals surface area contributed by atoms with Crippen LogP contribution < -0.4 is 10.7 Å². The van der Waals surface area contributed by atoms with Crippen LogP contribution in [0.4, 0.5) is 0 Å². The molecular formula is C18H19BrN4O3. The highest BCUT2D eigenvalue weighted by molar-refractivity contribution is 9.10. The fourth-order valence-corrected chi connectivity index (χ4v) is 3.27. The first-order chi connectivity index (χ1) is 12.4. The molecule has 0 saturated heterocycles. The van der Waals surface area contributed by atoms with Gasteiger partial charge in [0.15, 0.2) is 5.78 Å². The van der Waals surface area contributed by atoms with E-state index in [0.717, 1.165) is 21.4 Å². The molecule has 1 aliphatic rings. The number of carbonyl (C=O) groups excluding carboxylic acids is 2. The van der Waals surface area contributed by atoms with E-state index in [1.54, 1.807) is 12.1 Å². The first kappa shape index (κ1) is 18.2. The summed E-state index contributed by atoms with van der Waals surface area (Å²) < 4.78 is 6.58. The van der Waals surface area contributed by atoms with Crippen LogP contribution in [-0.2, 0) is 9.53 Å². The number of rotatable bonds is 5. The molecule has 0 saturated carbocycles. The lowest BCUT2D eigenvalue weighted by Crippen LogP contribution is -2.27. The van der Waals surface area contributed by atoms with E-state index in [2.05, 4.69) is 36.8 Å². The molecule has 0 aliphatic carbocycles. The van der Waals surface area contributed by atoms with Crippen molar-refractivity contribution in [1.29, 1.82) is 0 Å². The van der Waals surface area contributed by atoms with Crippen molar-refractivity contribution in [2.24, 2.45) is 5.10 Å². The van der Waals surface area contributed by atoms with Crippen molar-refractivity contribution in [2.45, 2.75) is 27.0 Å². The zero-order valence-corrected chi connectivity index (χ0v) is 16.2. The highest BCUT2D eigenvalue weighted by Gasteiger charge is 2.28. The Morgan fingerprint density at radius 1 is 1.35 bits per heavy atom. The van der Waals surface area contributed by atoms with E-state index in [-0.39, 0.29) is 18.2 Å². The van der Waals surface area contributed by atoms with Crippen molar-refractivity contribution in [3.8, 4) is 0 Å². The van der Waals surface area contributed by atoms with Crippen LogP contribution in [0.15, 0.2) is 33.8 Å². The number of hydrogen-bond donors (Lipinski definition) is 3. The summed E-state index contributed by atoms with van der Waals surface area (Å²) in [6, 6.07) is 7.30. The smallest absolute Gasteiger partial charge is 0.227 e. The maximum Gasteiger partial charge on any atom is 0.227 e. The van der Waals surface area contributed by atoms with E-state index in [0.29, 0.717) is 17.0 Å². The van der Waals surface area contributed by atoms with Crippen molar-refractivity contribution in [2.75, 3.05) is 6.54 Å². The van der Waals surface area contributed by atoms with Gasteiger partial charge in [0.2, 0.25) is 18.0 Å². The molecule has 0 bridgehead atoms. The molecule has 0 spiro atoms. The van der Waals surface area contributed by atoms with E-state index >= 15 is 0 Å². The van der Waals surface area contributed by atoms with E-state index in [4.69, 9.17) is 4.74 Å². The second-order valence-electron chi connectivity index (χ2n) is 6.05. The zero-order chi connectivity index (χ0) is 18.8. The topological polar surface area (TPSA) is 95.6 Å². The number of aryl methyl sites for hydroxylation is 1. The first-order valence-corrected chi connectivity index (χ1v) is 8.88. The van der Waals surface area contributed by atoms with Gasteiger partial charge in [-0.05, 0) is 31.5 Å². The molecule has 1 aromatic carbocycles. The van der Waals surface area contributed by atoms with Crippen LogP contribution in [0.1, 0.15) is 46.0 Å². The van der Waals surface area contributed by atoms with Gasteiger partial charge in [0.25, 0.3) is 0 Å². The summed E-state index contributed by atoms with van der Waals surface area (Å²) in [5.74, 6) is 0.173. The molecule has 0 radical (unpaired) electrons. The van der Waals surface area contributed by atoms with Crippen LogP contribution in [-0.4, -0.2) is 29.1 Å². The van der Waals surface area contributed by atoms with Crippen LogP contribution in [0.25, 0.3) is 0 Å². The minimum atomic E-state index is -0.526. The van der Waals surface area contributed by atoms with Crippen molar-refractivity contribution < 1.29 is 14.3 Å². The molecule has 1 aliphatic heterocycles. The fraction of sp³-hybridized carbons (Fsp3) is 0.278. The van der Waals surface area contributed by atoms with Crippen molar-refractivity contribution in [3.63, 3.8) is 0 Å². The second kappa shape index (κ2) is 7.33. The number of aromatic nitrogens is 1. The van der Waals surface area contributed by atoms with Gasteiger partial charge in [-0.3, -0.25) is 15.0 Å². The predicted octanol–water partition coefficient (Wildman–Crippen LogP) is 2.69. The summed E-state index contributed by atoms with van der Waals surface area (Å²) in [6.07, 6.45) is -0.526. The molecule has 8 heteroatoms. The highest BCUT2D eigenvalue weighted by Crippen LogP contribution is 2.28. The van der Waals surface area contributed by atoms with Gasteiger partial charge in [-0.25, -0.2) is 0 Å². The Balaban J connectivity index is 1.81. The molecule has 3 N–H and O–H groups in total. The zero-order valence-electron chi connectivity index (χ0n) is 14.6. The first-order valence-electron chi connectivity index (χ1n) is 8.09. The number of halogens is 1. The van der Waals surface area contributed by atoms with Crippen molar-refractivity contribution in [1.82, 2.24) is 15.7 Å². The lowest BCUT2D eigenvalue weighted by molar-refractivity contribution is -0.118. The van der Waals surface area contributed by atoms with Gasteiger partial charge >= 0.3 is 0 Å². The number of benzene rings is 1. The number of ketones is 1. The van der Waals surface area contributed by atoms with E-state index < -0.39 is 6.23 Å². The normalized spacial score (nSPS) is 15.8. The molecule has 1 unspecified atom stereocenters. The van der Waals surface area contributed by atoms with Crippen molar-refractivity contribution >= 4 is 33.5 Å². The molecule has 2 heterocycles. The molecule has 1 aromatic heterocycles. The third kappa shape index (κ3) is 3.65. The predicted molar refractivity (Wildman–Crippen MR) is 101 cm³/mol. The standard InChI is InChI=1S/C18H19BrN4O3/c1-9-15(17(25)12-5-4-6-13(19)7-12)10(2)21-16(9)18-23-22-14(26-18)8-20-11(3)24/h4-7,18,21,23H,8H2,1-3H3,(H,20,24). The average molecular weight is 419 g/mol. The monoisotopic (exact) mass is 418 g/mol. The fourth-order valence-electron chi connectivity index (χ4n) is 2.88. The maximum atomic E-state index is 12.9. The maximum absolute atomic E-state index is 12.9. The van der Waals surface area contributed by atoms with Crippen LogP contribution in [0, 0.1) is 13.8 Å². The Morgan fingerprint density at radius 3 is 2.81 bits per heavy atom. The molecule has 3 rings (SSSR count). The molecule has 7 nitrogen and oxygen atoms in total. The third-order valence-corrected chi connectivity index (χ3v) is 4.59. The van der Waals surface area contributed by atoms with Gasteiger partial charge < -0.3 is 15.0 Å². The number of nitrogens with one attached hydrogen (secondary N) is 3. The van der Waals surface area contributed by atoms with Gasteiger partial charge in [-0.1, -0.05) is 28.1 Å². The molecule has 1 atom stereocenters. The lowest BCUT2D eigenvalue weighted by Gasteiger charge is -2.11. The van der Waals surface area contributed by atoms with Gasteiger partial charge in [0.1, 0.15) is 0 Å². The molecule has 0 fully saturated rings. The quantitative estimate of drug-likeness (QED) is 0.650. The summed E-state index contributed by atoms with van der Waals surface area (Å²) in [4.78, 5) is 27.2. The Bertz CT molecular complexity index is 904. The number of hydrazone groups is 1. The summed E-state index contributed by atoms with van der Waals surface area (Å²) >= 11 is 3.40. The number of carbonyl (C=O) groups is 2.